The van der Waals surface area contributed by atoms with E-state index in [0.717, 1.165) is 17.7 Å². The van der Waals surface area contributed by atoms with Gasteiger partial charge in [0, 0.05) is 0 Å². The van der Waals surface area contributed by atoms with E-state index in [-0.39, 0.29) is 17.3 Å². The van der Waals surface area contributed by atoms with Crippen LogP contribution in [-0.4, -0.2) is 17.2 Å². The number of carbonyl (C=O) groups is 2. The molecule has 2 rings (SSSR count). The van der Waals surface area contributed by atoms with E-state index >= 15 is 0 Å². The van der Waals surface area contributed by atoms with Crippen molar-refractivity contribution in [3.63, 3.8) is 0 Å². The Balaban J connectivity index is 2.10. The summed E-state index contributed by atoms with van der Waals surface area (Å²) >= 11 is 5.77. The van der Waals surface area contributed by atoms with Crippen molar-refractivity contribution in [2.24, 2.45) is 0 Å². The summed E-state index contributed by atoms with van der Waals surface area (Å²) in [7, 11) is 0. The van der Waals surface area contributed by atoms with E-state index < -0.39 is 23.4 Å². The fourth-order valence-electron chi connectivity index (χ4n) is 1.73. The van der Waals surface area contributed by atoms with E-state index in [0.29, 0.717) is 0 Å². The van der Waals surface area contributed by atoms with Crippen molar-refractivity contribution in [3.8, 4) is 0 Å². The van der Waals surface area contributed by atoms with Gasteiger partial charge in [-0.15, -0.1) is 0 Å². The number of hydrogen-bond acceptors (Lipinski definition) is 3. The largest absolute Gasteiger partial charge is 0.478 e. The maximum absolute atomic E-state index is 13.2. The molecule has 2 N–H and O–H groups in total. The van der Waals surface area contributed by atoms with Crippen LogP contribution in [0.25, 0.3) is 0 Å². The number of anilines is 1. The molecular weight excluding hydrogens is 313 g/mol. The van der Waals surface area contributed by atoms with Gasteiger partial charge in [0.25, 0.3) is 0 Å². The Morgan fingerprint density at radius 2 is 1.91 bits per heavy atom. The molecule has 0 heterocycles. The van der Waals surface area contributed by atoms with Crippen LogP contribution in [0.4, 0.5) is 14.9 Å². The quantitative estimate of drug-likeness (QED) is 0.894. The Labute approximate surface area is 130 Å². The number of hydrogen-bond donors (Lipinski definition) is 2. The van der Waals surface area contributed by atoms with E-state index in [9.17, 15) is 14.0 Å². The molecule has 0 spiro atoms. The van der Waals surface area contributed by atoms with Crippen LogP contribution in [0.3, 0.4) is 0 Å². The molecule has 0 aliphatic heterocycles. The number of ether oxygens (including phenoxy) is 1. The lowest BCUT2D eigenvalue weighted by molar-refractivity contribution is 0.0697. The van der Waals surface area contributed by atoms with Gasteiger partial charge in [-0.2, -0.15) is 0 Å². The predicted octanol–water partition coefficient (Wildman–Crippen LogP) is 3.93. The van der Waals surface area contributed by atoms with Crippen molar-refractivity contribution in [1.29, 1.82) is 0 Å². The predicted molar refractivity (Wildman–Crippen MR) is 78.6 cm³/mol. The Kier molecular flexibility index (Phi) is 4.95. The van der Waals surface area contributed by atoms with E-state index in [4.69, 9.17) is 21.4 Å². The average molecular weight is 324 g/mol. The highest BCUT2D eigenvalue weighted by molar-refractivity contribution is 6.34. The van der Waals surface area contributed by atoms with Gasteiger partial charge in [0.15, 0.2) is 0 Å². The molecule has 5 nitrogen and oxygen atoms in total. The highest BCUT2D eigenvalue weighted by Crippen LogP contribution is 2.28. The zero-order valence-electron chi connectivity index (χ0n) is 11.2. The number of carboxylic acids is 1. The standard InChI is InChI=1S/C15H11ClFNO4/c16-12-7-10(17)6-11(14(19)20)13(12)18-15(21)22-8-9-4-2-1-3-5-9/h1-7H,8H2,(H,18,21)(H,19,20). The highest BCUT2D eigenvalue weighted by atomic mass is 35.5. The molecule has 0 atom stereocenters. The zero-order valence-corrected chi connectivity index (χ0v) is 11.9. The van der Waals surface area contributed by atoms with E-state index in [2.05, 4.69) is 5.32 Å². The molecule has 0 bridgehead atoms. The van der Waals surface area contributed by atoms with Crippen LogP contribution in [0.1, 0.15) is 15.9 Å². The van der Waals surface area contributed by atoms with Crippen LogP contribution >= 0.6 is 11.6 Å². The zero-order chi connectivity index (χ0) is 16.1. The molecule has 2 aromatic rings. The first kappa shape index (κ1) is 15.8. The van der Waals surface area contributed by atoms with E-state index in [1.807, 2.05) is 6.07 Å². The molecule has 0 saturated heterocycles. The molecule has 114 valence electrons. The average Bonchev–Trinajstić information content (AvgIpc) is 2.48. The first-order valence-electron chi connectivity index (χ1n) is 6.17. The second kappa shape index (κ2) is 6.91. The molecule has 0 unspecified atom stereocenters. The lowest BCUT2D eigenvalue weighted by atomic mass is 10.1. The van der Waals surface area contributed by atoms with Gasteiger partial charge in [0.2, 0.25) is 0 Å². The Bertz CT molecular complexity index is 706. The van der Waals surface area contributed by atoms with Gasteiger partial charge in [-0.1, -0.05) is 41.9 Å². The normalized spacial score (nSPS) is 10.1. The minimum absolute atomic E-state index is 0.00783. The van der Waals surface area contributed by atoms with Crippen LogP contribution in [0, 0.1) is 5.82 Å². The first-order valence-corrected chi connectivity index (χ1v) is 6.55. The number of rotatable bonds is 4. The van der Waals surface area contributed by atoms with Gasteiger partial charge < -0.3 is 9.84 Å². The molecule has 22 heavy (non-hydrogen) atoms. The fourth-order valence-corrected chi connectivity index (χ4v) is 1.98. The topological polar surface area (TPSA) is 75.6 Å². The van der Waals surface area contributed by atoms with Crippen LogP contribution in [0.5, 0.6) is 0 Å². The number of aromatic carboxylic acids is 1. The van der Waals surface area contributed by atoms with E-state index in [1.165, 1.54) is 0 Å². The number of nitrogens with one attached hydrogen (secondary N) is 1. The second-order valence-corrected chi connectivity index (χ2v) is 4.71. The van der Waals surface area contributed by atoms with Gasteiger partial charge in [-0.3, -0.25) is 5.32 Å². The summed E-state index contributed by atoms with van der Waals surface area (Å²) in [6.45, 7) is 0.00783. The van der Waals surface area contributed by atoms with Crippen molar-refractivity contribution >= 4 is 29.4 Å². The van der Waals surface area contributed by atoms with Gasteiger partial charge in [-0.25, -0.2) is 14.0 Å². The molecule has 0 fully saturated rings. The van der Waals surface area contributed by atoms with Crippen molar-refractivity contribution < 1.29 is 23.8 Å². The highest BCUT2D eigenvalue weighted by Gasteiger charge is 2.18. The molecule has 0 aliphatic carbocycles. The third-order valence-corrected chi connectivity index (χ3v) is 3.02. The summed E-state index contributed by atoms with van der Waals surface area (Å²) in [5, 5.41) is 11.0. The summed E-state index contributed by atoms with van der Waals surface area (Å²) < 4.78 is 18.1. The van der Waals surface area contributed by atoms with Gasteiger partial charge in [0.1, 0.15) is 12.4 Å². The summed E-state index contributed by atoms with van der Waals surface area (Å²) in [5.74, 6) is -2.23. The maximum Gasteiger partial charge on any atom is 0.412 e. The monoisotopic (exact) mass is 323 g/mol. The van der Waals surface area contributed by atoms with Gasteiger partial charge in [0.05, 0.1) is 16.3 Å². The van der Waals surface area contributed by atoms with Crippen LogP contribution < -0.4 is 5.32 Å². The van der Waals surface area contributed by atoms with Crippen LogP contribution in [0.15, 0.2) is 42.5 Å². The summed E-state index contributed by atoms with van der Waals surface area (Å²) in [6, 6.07) is 10.6. The molecule has 0 saturated carbocycles. The third kappa shape index (κ3) is 3.95. The van der Waals surface area contributed by atoms with Crippen molar-refractivity contribution in [3.05, 3.63) is 64.4 Å². The molecule has 2 aromatic carbocycles. The number of halogens is 2. The summed E-state index contributed by atoms with van der Waals surface area (Å²) in [6.07, 6.45) is -0.889. The Morgan fingerprint density at radius 1 is 1.23 bits per heavy atom. The molecule has 0 aliphatic rings. The number of carboxylic acid groups (broad SMARTS) is 1. The number of benzene rings is 2. The molecule has 1 amide bonds. The first-order chi connectivity index (χ1) is 10.5. The molecule has 7 heteroatoms. The van der Waals surface area contributed by atoms with Gasteiger partial charge in [-0.05, 0) is 17.7 Å². The smallest absolute Gasteiger partial charge is 0.412 e. The lowest BCUT2D eigenvalue weighted by Crippen LogP contribution is -2.16. The van der Waals surface area contributed by atoms with Crippen molar-refractivity contribution in [2.45, 2.75) is 6.61 Å². The molecular formula is C15H11ClFNO4. The van der Waals surface area contributed by atoms with Crippen LogP contribution in [-0.2, 0) is 11.3 Å². The van der Waals surface area contributed by atoms with Crippen LogP contribution in [0.2, 0.25) is 5.02 Å². The van der Waals surface area contributed by atoms with Gasteiger partial charge >= 0.3 is 12.1 Å². The lowest BCUT2D eigenvalue weighted by Gasteiger charge is -2.11. The van der Waals surface area contributed by atoms with Crippen molar-refractivity contribution in [2.75, 3.05) is 5.32 Å². The minimum Gasteiger partial charge on any atom is -0.478 e. The van der Waals surface area contributed by atoms with E-state index in [1.54, 1.807) is 24.3 Å². The SMILES string of the molecule is O=C(Nc1c(Cl)cc(F)cc1C(=O)O)OCc1ccccc1. The minimum atomic E-state index is -1.42. The van der Waals surface area contributed by atoms with Crippen molar-refractivity contribution in [1.82, 2.24) is 0 Å². The number of carbonyl (C=O) groups excluding carboxylic acids is 1. The molecule has 0 aromatic heterocycles. The fraction of sp³-hybridized carbons (Fsp3) is 0.0667. The summed E-state index contributed by atoms with van der Waals surface area (Å²) in [5.41, 5.74) is 0.0941. The number of amides is 1. The summed E-state index contributed by atoms with van der Waals surface area (Å²) in [4.78, 5) is 22.8. The second-order valence-electron chi connectivity index (χ2n) is 4.30. The molecule has 0 radical (unpaired) electrons. The third-order valence-electron chi connectivity index (χ3n) is 2.73. The maximum atomic E-state index is 13.2. The Morgan fingerprint density at radius 3 is 2.55 bits per heavy atom. The Hall–Kier alpha value is -2.60.